The van der Waals surface area contributed by atoms with E-state index in [2.05, 4.69) is 13.8 Å². The van der Waals surface area contributed by atoms with Gasteiger partial charge in [-0.3, -0.25) is 0 Å². The number of carbonyl (C=O) groups excluding carboxylic acids is 2. The van der Waals surface area contributed by atoms with E-state index in [1.807, 2.05) is 0 Å². The lowest BCUT2D eigenvalue weighted by molar-refractivity contribution is -0.0468. The third-order valence-electron chi connectivity index (χ3n) is 5.06. The highest BCUT2D eigenvalue weighted by Crippen LogP contribution is 2.26. The van der Waals surface area contributed by atoms with Crippen LogP contribution in [0, 0.1) is 5.92 Å². The fourth-order valence-electron chi connectivity index (χ4n) is 3.62. The molecule has 0 bridgehead atoms. The van der Waals surface area contributed by atoms with Gasteiger partial charge in [0.1, 0.15) is 18.3 Å². The molecule has 2 saturated carbocycles. The van der Waals surface area contributed by atoms with Gasteiger partial charge in [0, 0.05) is 6.42 Å². The summed E-state index contributed by atoms with van der Waals surface area (Å²) in [6.45, 7) is 4.66. The molecule has 0 spiro atoms. The summed E-state index contributed by atoms with van der Waals surface area (Å²) in [4.78, 5) is 23.7. The van der Waals surface area contributed by atoms with Crippen LogP contribution < -0.4 is 0 Å². The van der Waals surface area contributed by atoms with E-state index in [4.69, 9.17) is 18.9 Å². The van der Waals surface area contributed by atoms with E-state index in [1.54, 1.807) is 0 Å². The smallest absolute Gasteiger partial charge is 0.434 e. The van der Waals surface area contributed by atoms with Gasteiger partial charge in [-0.2, -0.15) is 0 Å². The number of carbonyl (C=O) groups is 2. The molecule has 6 heteroatoms. The third-order valence-corrected chi connectivity index (χ3v) is 5.06. The van der Waals surface area contributed by atoms with Crippen molar-refractivity contribution < 1.29 is 28.5 Å². The maximum atomic E-state index is 12.0. The molecule has 2 fully saturated rings. The molecule has 2 aliphatic rings. The molecule has 0 aromatic heterocycles. The Kier molecular flexibility index (Phi) is 9.06. The van der Waals surface area contributed by atoms with E-state index < -0.39 is 12.3 Å². The molecule has 2 aliphatic carbocycles. The van der Waals surface area contributed by atoms with E-state index in [0.29, 0.717) is 18.9 Å². The predicted molar refractivity (Wildman–Crippen MR) is 97.0 cm³/mol. The van der Waals surface area contributed by atoms with E-state index in [-0.39, 0.29) is 18.3 Å². The first-order valence-electron chi connectivity index (χ1n) is 10.2. The normalized spacial score (nSPS) is 24.1. The lowest BCUT2D eigenvalue weighted by atomic mass is 9.95. The van der Waals surface area contributed by atoms with Crippen LogP contribution in [0.2, 0.25) is 0 Å². The van der Waals surface area contributed by atoms with Gasteiger partial charge in [-0.25, -0.2) is 9.59 Å². The Morgan fingerprint density at radius 2 is 1.38 bits per heavy atom. The van der Waals surface area contributed by atoms with E-state index in [1.165, 1.54) is 6.42 Å². The number of ether oxygens (including phenoxy) is 4. The lowest BCUT2D eigenvalue weighted by Gasteiger charge is -2.29. The van der Waals surface area contributed by atoms with Crippen LogP contribution in [0.25, 0.3) is 0 Å². The van der Waals surface area contributed by atoms with Crippen molar-refractivity contribution in [3.63, 3.8) is 0 Å². The highest BCUT2D eigenvalue weighted by atomic mass is 16.7. The van der Waals surface area contributed by atoms with Crippen molar-refractivity contribution in [1.82, 2.24) is 0 Å². The maximum absolute atomic E-state index is 12.0. The predicted octanol–water partition coefficient (Wildman–Crippen LogP) is 5.37. The van der Waals surface area contributed by atoms with Gasteiger partial charge in [0.15, 0.2) is 0 Å². The summed E-state index contributed by atoms with van der Waals surface area (Å²) in [5, 5.41) is 0. The number of hydrogen-bond donors (Lipinski definition) is 0. The van der Waals surface area contributed by atoms with Gasteiger partial charge >= 0.3 is 12.3 Å². The molecule has 150 valence electrons. The molecule has 26 heavy (non-hydrogen) atoms. The zero-order valence-electron chi connectivity index (χ0n) is 16.2. The van der Waals surface area contributed by atoms with Gasteiger partial charge in [-0.1, -0.05) is 20.3 Å². The first-order chi connectivity index (χ1) is 12.5. The standard InChI is InChI=1S/C20H34O6/c1-15(2)8-7-13-23-19(21)25-17-11-6-12-18(14-17)26-20(22)24-16-9-4-3-5-10-16/h15-18H,3-14H2,1-2H3. The maximum Gasteiger partial charge on any atom is 0.508 e. The Labute approximate surface area is 156 Å². The Balaban J connectivity index is 1.62. The molecular formula is C20H34O6. The monoisotopic (exact) mass is 370 g/mol. The molecule has 0 aromatic rings. The number of hydrogen-bond acceptors (Lipinski definition) is 6. The molecular weight excluding hydrogens is 336 g/mol. The van der Waals surface area contributed by atoms with Crippen molar-refractivity contribution in [2.45, 2.75) is 103 Å². The van der Waals surface area contributed by atoms with Gasteiger partial charge in [-0.05, 0) is 63.7 Å². The topological polar surface area (TPSA) is 71.1 Å². The van der Waals surface area contributed by atoms with Crippen LogP contribution in [0.3, 0.4) is 0 Å². The third kappa shape index (κ3) is 8.28. The van der Waals surface area contributed by atoms with Crippen LogP contribution in [-0.4, -0.2) is 37.2 Å². The summed E-state index contributed by atoms with van der Waals surface area (Å²) in [5.74, 6) is 0.597. The minimum Gasteiger partial charge on any atom is -0.434 e. The van der Waals surface area contributed by atoms with E-state index in [0.717, 1.165) is 57.8 Å². The summed E-state index contributed by atoms with van der Waals surface area (Å²) < 4.78 is 21.3. The van der Waals surface area contributed by atoms with Crippen molar-refractivity contribution in [2.24, 2.45) is 5.92 Å². The summed E-state index contributed by atoms with van der Waals surface area (Å²) in [6.07, 6.45) is 8.35. The molecule has 0 aromatic carbocycles. The van der Waals surface area contributed by atoms with Crippen LogP contribution in [0.1, 0.15) is 84.5 Å². The molecule has 0 saturated heterocycles. The van der Waals surface area contributed by atoms with Crippen molar-refractivity contribution in [3.05, 3.63) is 0 Å². The van der Waals surface area contributed by atoms with Gasteiger partial charge in [0.25, 0.3) is 0 Å². The van der Waals surface area contributed by atoms with Crippen LogP contribution in [-0.2, 0) is 18.9 Å². The zero-order chi connectivity index (χ0) is 18.8. The first kappa shape index (κ1) is 20.8. The lowest BCUT2D eigenvalue weighted by Crippen LogP contribution is -2.33. The Hall–Kier alpha value is -1.46. The second kappa shape index (κ2) is 11.3. The Morgan fingerprint density at radius 1 is 0.808 bits per heavy atom. The largest absolute Gasteiger partial charge is 0.508 e. The molecule has 2 atom stereocenters. The zero-order valence-corrected chi connectivity index (χ0v) is 16.2. The van der Waals surface area contributed by atoms with Crippen molar-refractivity contribution in [2.75, 3.05) is 6.61 Å². The SMILES string of the molecule is CC(C)CCCOC(=O)OC1CCCC(OC(=O)OC2CCCCC2)C1. The van der Waals surface area contributed by atoms with Crippen LogP contribution >= 0.6 is 0 Å². The van der Waals surface area contributed by atoms with Crippen LogP contribution in [0.5, 0.6) is 0 Å². The average Bonchev–Trinajstić information content (AvgIpc) is 2.59. The highest BCUT2D eigenvalue weighted by molar-refractivity contribution is 5.61. The van der Waals surface area contributed by atoms with E-state index >= 15 is 0 Å². The van der Waals surface area contributed by atoms with Crippen molar-refractivity contribution in [3.8, 4) is 0 Å². The van der Waals surface area contributed by atoms with Gasteiger partial charge < -0.3 is 18.9 Å². The van der Waals surface area contributed by atoms with Crippen LogP contribution in [0.4, 0.5) is 9.59 Å². The molecule has 0 N–H and O–H groups in total. The minimum absolute atomic E-state index is 0.00676. The summed E-state index contributed by atoms with van der Waals surface area (Å²) in [7, 11) is 0. The fourth-order valence-corrected chi connectivity index (χ4v) is 3.62. The van der Waals surface area contributed by atoms with Crippen molar-refractivity contribution >= 4 is 12.3 Å². The Morgan fingerprint density at radius 3 is 2.04 bits per heavy atom. The van der Waals surface area contributed by atoms with Gasteiger partial charge in [0.2, 0.25) is 0 Å². The average molecular weight is 370 g/mol. The van der Waals surface area contributed by atoms with E-state index in [9.17, 15) is 9.59 Å². The van der Waals surface area contributed by atoms with Crippen molar-refractivity contribution in [1.29, 1.82) is 0 Å². The molecule has 2 rings (SSSR count). The molecule has 6 nitrogen and oxygen atoms in total. The summed E-state index contributed by atoms with van der Waals surface area (Å²) in [5.41, 5.74) is 0. The molecule has 0 amide bonds. The fraction of sp³-hybridized carbons (Fsp3) is 0.900. The molecule has 0 radical (unpaired) electrons. The van der Waals surface area contributed by atoms with Gasteiger partial charge in [0.05, 0.1) is 6.61 Å². The minimum atomic E-state index is -0.621. The molecule has 2 unspecified atom stereocenters. The summed E-state index contributed by atoms with van der Waals surface area (Å²) in [6, 6.07) is 0. The van der Waals surface area contributed by atoms with Crippen LogP contribution in [0.15, 0.2) is 0 Å². The quantitative estimate of drug-likeness (QED) is 0.443. The molecule has 0 aliphatic heterocycles. The Bertz CT molecular complexity index is 430. The second-order valence-corrected chi connectivity index (χ2v) is 7.91. The van der Waals surface area contributed by atoms with Gasteiger partial charge in [-0.15, -0.1) is 0 Å². The first-order valence-corrected chi connectivity index (χ1v) is 10.2. The highest BCUT2D eigenvalue weighted by Gasteiger charge is 2.29. The molecule has 0 heterocycles. The number of rotatable bonds is 7. The second-order valence-electron chi connectivity index (χ2n) is 7.91. The summed E-state index contributed by atoms with van der Waals surface area (Å²) >= 11 is 0.